The number of benzene rings is 3. The van der Waals surface area contributed by atoms with E-state index in [1.807, 2.05) is 56.3 Å². The molecule has 0 saturated carbocycles. The van der Waals surface area contributed by atoms with Gasteiger partial charge in [0.25, 0.3) is 5.91 Å². The smallest absolute Gasteiger partial charge is 0.261 e. The van der Waals surface area contributed by atoms with Gasteiger partial charge in [0.05, 0.1) is 0 Å². The molecule has 3 aromatic rings. The Hall–Kier alpha value is -3.19. The normalized spacial score (nSPS) is 11.7. The zero-order chi connectivity index (χ0) is 25.2. The molecule has 0 radical (unpaired) electrons. The maximum Gasteiger partial charge on any atom is 0.261 e. The van der Waals surface area contributed by atoms with Crippen LogP contribution in [0.1, 0.15) is 25.0 Å². The first-order valence-electron chi connectivity index (χ1n) is 11.6. The molecule has 0 fully saturated rings. The Kier molecular flexibility index (Phi) is 9.85. The van der Waals surface area contributed by atoms with Gasteiger partial charge in [-0.2, -0.15) is 0 Å². The Bertz CT molecular complexity index is 1090. The summed E-state index contributed by atoms with van der Waals surface area (Å²) in [5, 5.41) is 2.97. The van der Waals surface area contributed by atoms with Crippen molar-refractivity contribution in [1.82, 2.24) is 10.2 Å². The summed E-state index contributed by atoms with van der Waals surface area (Å²) in [6.45, 7) is 4.44. The van der Waals surface area contributed by atoms with Gasteiger partial charge in [-0.05, 0) is 53.4 Å². The van der Waals surface area contributed by atoms with Gasteiger partial charge in [-0.15, -0.1) is 0 Å². The molecule has 5 nitrogen and oxygen atoms in total. The van der Waals surface area contributed by atoms with E-state index in [-0.39, 0.29) is 36.7 Å². The summed E-state index contributed by atoms with van der Waals surface area (Å²) in [5.41, 5.74) is 1.65. The molecule has 0 heterocycles. The molecule has 3 rings (SSSR count). The summed E-state index contributed by atoms with van der Waals surface area (Å²) < 4.78 is 20.1. The van der Waals surface area contributed by atoms with Crippen molar-refractivity contribution in [3.05, 3.63) is 100 Å². The third kappa shape index (κ3) is 8.51. The van der Waals surface area contributed by atoms with Crippen LogP contribution in [0.25, 0.3) is 0 Å². The van der Waals surface area contributed by atoms with E-state index in [4.69, 9.17) is 4.74 Å². The minimum absolute atomic E-state index is 0.148. The minimum Gasteiger partial charge on any atom is -0.484 e. The Morgan fingerprint density at radius 1 is 0.943 bits per heavy atom. The van der Waals surface area contributed by atoms with Gasteiger partial charge in [-0.25, -0.2) is 4.39 Å². The van der Waals surface area contributed by atoms with Crippen molar-refractivity contribution in [2.45, 2.75) is 32.9 Å². The summed E-state index contributed by atoms with van der Waals surface area (Å²) in [6.07, 6.45) is 0.343. The van der Waals surface area contributed by atoms with E-state index in [0.29, 0.717) is 18.7 Å². The van der Waals surface area contributed by atoms with Crippen LogP contribution in [0, 0.1) is 11.7 Å². The van der Waals surface area contributed by atoms with Crippen molar-refractivity contribution < 1.29 is 18.7 Å². The third-order valence-corrected chi connectivity index (χ3v) is 5.93. The van der Waals surface area contributed by atoms with Crippen LogP contribution in [0.3, 0.4) is 0 Å². The van der Waals surface area contributed by atoms with Gasteiger partial charge < -0.3 is 15.0 Å². The van der Waals surface area contributed by atoms with Crippen molar-refractivity contribution in [2.24, 2.45) is 5.92 Å². The van der Waals surface area contributed by atoms with Crippen molar-refractivity contribution >= 4 is 27.7 Å². The molecule has 0 aliphatic rings. The number of nitrogens with one attached hydrogen (secondary N) is 1. The summed E-state index contributed by atoms with van der Waals surface area (Å²) >= 11 is 3.38. The van der Waals surface area contributed by atoms with Crippen LogP contribution in [-0.4, -0.2) is 35.9 Å². The number of ether oxygens (including phenoxy) is 1. The van der Waals surface area contributed by atoms with Gasteiger partial charge in [0.15, 0.2) is 6.61 Å². The van der Waals surface area contributed by atoms with E-state index in [1.54, 1.807) is 24.3 Å². The standard InChI is InChI=1S/C28H30BrFN2O3/c1-20(2)17-31-28(34)26(16-21-6-4-3-5-7-21)32(18-22-8-12-24(30)13-9-22)27(33)19-35-25-14-10-23(29)11-15-25/h3-15,20,26H,16-19H2,1-2H3,(H,31,34)/t26-/m0/s1. The number of carbonyl (C=O) groups is 2. The molecule has 35 heavy (non-hydrogen) atoms. The SMILES string of the molecule is CC(C)CNC(=O)[C@H](Cc1ccccc1)N(Cc1ccc(F)cc1)C(=O)COc1ccc(Br)cc1. The van der Waals surface area contributed by atoms with E-state index < -0.39 is 6.04 Å². The quantitative estimate of drug-likeness (QED) is 0.355. The molecule has 0 spiro atoms. The molecule has 1 atom stereocenters. The molecule has 0 aliphatic heterocycles. The summed E-state index contributed by atoms with van der Waals surface area (Å²) in [7, 11) is 0. The molecule has 2 amide bonds. The molecule has 184 valence electrons. The molecule has 0 aromatic heterocycles. The molecular weight excluding hydrogens is 511 g/mol. The lowest BCUT2D eigenvalue weighted by atomic mass is 10.0. The molecular formula is C28H30BrFN2O3. The predicted octanol–water partition coefficient (Wildman–Crippen LogP) is 5.38. The fourth-order valence-electron chi connectivity index (χ4n) is 3.52. The molecule has 0 aliphatic carbocycles. The number of rotatable bonds is 11. The summed E-state index contributed by atoms with van der Waals surface area (Å²) in [4.78, 5) is 28.3. The fraction of sp³-hybridized carbons (Fsp3) is 0.286. The lowest BCUT2D eigenvalue weighted by Gasteiger charge is -2.31. The van der Waals surface area contributed by atoms with Gasteiger partial charge in [0.2, 0.25) is 5.91 Å². The lowest BCUT2D eigenvalue weighted by molar-refractivity contribution is -0.142. The number of hydrogen-bond donors (Lipinski definition) is 1. The van der Waals surface area contributed by atoms with Crippen molar-refractivity contribution in [1.29, 1.82) is 0 Å². The first-order valence-corrected chi connectivity index (χ1v) is 12.3. The van der Waals surface area contributed by atoms with Crippen molar-refractivity contribution in [3.8, 4) is 5.75 Å². The van der Waals surface area contributed by atoms with Crippen LogP contribution in [0.2, 0.25) is 0 Å². The summed E-state index contributed by atoms with van der Waals surface area (Å²) in [5.74, 6) is -0.120. The molecule has 0 unspecified atom stereocenters. The molecule has 3 aromatic carbocycles. The monoisotopic (exact) mass is 540 g/mol. The zero-order valence-electron chi connectivity index (χ0n) is 19.9. The van der Waals surface area contributed by atoms with Crippen LogP contribution in [0.4, 0.5) is 4.39 Å². The molecule has 0 saturated heterocycles. The van der Waals surface area contributed by atoms with Crippen LogP contribution in [0.5, 0.6) is 5.75 Å². The van der Waals surface area contributed by atoms with E-state index in [9.17, 15) is 14.0 Å². The fourth-order valence-corrected chi connectivity index (χ4v) is 3.79. The highest BCUT2D eigenvalue weighted by Crippen LogP contribution is 2.18. The van der Waals surface area contributed by atoms with E-state index >= 15 is 0 Å². The van der Waals surface area contributed by atoms with Crippen LogP contribution < -0.4 is 10.1 Å². The average Bonchev–Trinajstić information content (AvgIpc) is 2.86. The molecule has 0 bridgehead atoms. The Morgan fingerprint density at radius 3 is 2.23 bits per heavy atom. The van der Waals surface area contributed by atoms with Gasteiger partial charge in [0.1, 0.15) is 17.6 Å². The van der Waals surface area contributed by atoms with Gasteiger partial charge in [0, 0.05) is 24.0 Å². The second-order valence-corrected chi connectivity index (χ2v) is 9.65. The molecule has 7 heteroatoms. The first kappa shape index (κ1) is 26.4. The van der Waals surface area contributed by atoms with Crippen molar-refractivity contribution in [2.75, 3.05) is 13.2 Å². The third-order valence-electron chi connectivity index (χ3n) is 5.40. The van der Waals surface area contributed by atoms with E-state index in [2.05, 4.69) is 21.2 Å². The maximum atomic E-state index is 13.5. The minimum atomic E-state index is -0.762. The number of hydrogen-bond acceptors (Lipinski definition) is 3. The van der Waals surface area contributed by atoms with Crippen LogP contribution in [0.15, 0.2) is 83.3 Å². The highest BCUT2D eigenvalue weighted by atomic mass is 79.9. The second-order valence-electron chi connectivity index (χ2n) is 8.74. The second kappa shape index (κ2) is 13.0. The van der Waals surface area contributed by atoms with Gasteiger partial charge in [-0.1, -0.05) is 72.2 Å². The average molecular weight is 541 g/mol. The first-order chi connectivity index (χ1) is 16.8. The Morgan fingerprint density at radius 2 is 1.60 bits per heavy atom. The highest BCUT2D eigenvalue weighted by molar-refractivity contribution is 9.10. The highest BCUT2D eigenvalue weighted by Gasteiger charge is 2.30. The van der Waals surface area contributed by atoms with Gasteiger partial charge >= 0.3 is 0 Å². The van der Waals surface area contributed by atoms with Crippen molar-refractivity contribution in [3.63, 3.8) is 0 Å². The van der Waals surface area contributed by atoms with E-state index in [0.717, 1.165) is 15.6 Å². The van der Waals surface area contributed by atoms with Crippen LogP contribution >= 0.6 is 15.9 Å². The Labute approximate surface area is 214 Å². The maximum absolute atomic E-state index is 13.5. The van der Waals surface area contributed by atoms with E-state index in [1.165, 1.54) is 17.0 Å². The number of amides is 2. The Balaban J connectivity index is 1.88. The molecule has 1 N–H and O–H groups in total. The topological polar surface area (TPSA) is 58.6 Å². The number of nitrogens with zero attached hydrogens (tertiary/aromatic N) is 1. The number of carbonyl (C=O) groups excluding carboxylic acids is 2. The largest absolute Gasteiger partial charge is 0.484 e. The lowest BCUT2D eigenvalue weighted by Crippen LogP contribution is -2.52. The summed E-state index contributed by atoms with van der Waals surface area (Å²) in [6, 6.07) is 21.9. The van der Waals surface area contributed by atoms with Crippen LogP contribution in [-0.2, 0) is 22.6 Å². The number of halogens is 2. The zero-order valence-corrected chi connectivity index (χ0v) is 21.5. The predicted molar refractivity (Wildman–Crippen MR) is 138 cm³/mol. The van der Waals surface area contributed by atoms with Gasteiger partial charge in [-0.3, -0.25) is 9.59 Å².